The highest BCUT2D eigenvalue weighted by Crippen LogP contribution is 2.29. The number of benzene rings is 3. The normalized spacial score (nSPS) is 12.6. The Hall–Kier alpha value is -4.39. The van der Waals surface area contributed by atoms with Crippen LogP contribution in [0.4, 0.5) is 0 Å². The van der Waals surface area contributed by atoms with E-state index in [0.717, 1.165) is 22.1 Å². The number of aliphatic carboxylic acids is 1. The van der Waals surface area contributed by atoms with E-state index in [-0.39, 0.29) is 6.42 Å². The van der Waals surface area contributed by atoms with Gasteiger partial charge in [0, 0.05) is 23.9 Å². The van der Waals surface area contributed by atoms with Gasteiger partial charge in [0.25, 0.3) is 5.91 Å². The number of carboxylic acids is 1. The summed E-state index contributed by atoms with van der Waals surface area (Å²) in [5, 5.41) is 12.8. The van der Waals surface area contributed by atoms with Crippen molar-refractivity contribution in [2.75, 3.05) is 0 Å². The molecular formula is C27H23NO6. The summed E-state index contributed by atoms with van der Waals surface area (Å²) in [4.78, 5) is 36.4. The van der Waals surface area contributed by atoms with Crippen LogP contribution in [0.2, 0.25) is 0 Å². The van der Waals surface area contributed by atoms with Crippen molar-refractivity contribution in [3.63, 3.8) is 0 Å². The van der Waals surface area contributed by atoms with Crippen LogP contribution in [-0.2, 0) is 16.0 Å². The molecule has 34 heavy (non-hydrogen) atoms. The van der Waals surface area contributed by atoms with Crippen LogP contribution in [0.1, 0.15) is 12.5 Å². The molecule has 0 radical (unpaired) electrons. The van der Waals surface area contributed by atoms with E-state index in [1.165, 1.54) is 13.0 Å². The van der Waals surface area contributed by atoms with Crippen LogP contribution in [0.25, 0.3) is 22.1 Å². The summed E-state index contributed by atoms with van der Waals surface area (Å²) in [5.41, 5.74) is 2.22. The highest BCUT2D eigenvalue weighted by Gasteiger charge is 2.24. The molecule has 4 aromatic rings. The first-order valence-electron chi connectivity index (χ1n) is 10.8. The van der Waals surface area contributed by atoms with Crippen LogP contribution in [0.5, 0.6) is 5.75 Å². The van der Waals surface area contributed by atoms with E-state index in [2.05, 4.69) is 5.32 Å². The number of nitrogens with one attached hydrogen (secondary N) is 1. The van der Waals surface area contributed by atoms with E-state index < -0.39 is 29.6 Å². The molecule has 1 amide bonds. The second-order valence-corrected chi connectivity index (χ2v) is 7.85. The van der Waals surface area contributed by atoms with E-state index in [0.29, 0.717) is 11.3 Å². The lowest BCUT2D eigenvalue weighted by Crippen LogP contribution is -2.47. The Kier molecular flexibility index (Phi) is 6.73. The third kappa shape index (κ3) is 5.32. The van der Waals surface area contributed by atoms with Gasteiger partial charge in [0.05, 0.1) is 0 Å². The molecule has 1 heterocycles. The zero-order valence-corrected chi connectivity index (χ0v) is 18.4. The van der Waals surface area contributed by atoms with Crippen LogP contribution >= 0.6 is 0 Å². The molecule has 3 aromatic carbocycles. The van der Waals surface area contributed by atoms with E-state index >= 15 is 0 Å². The van der Waals surface area contributed by atoms with Gasteiger partial charge in [0.15, 0.2) is 6.10 Å². The summed E-state index contributed by atoms with van der Waals surface area (Å²) >= 11 is 0. The minimum atomic E-state index is -1.13. The van der Waals surface area contributed by atoms with Crippen LogP contribution in [-0.4, -0.2) is 29.1 Å². The molecule has 2 atom stereocenters. The number of carbonyl (C=O) groups excluding carboxylic acids is 1. The molecule has 2 N–H and O–H groups in total. The number of rotatable bonds is 8. The van der Waals surface area contributed by atoms with Crippen molar-refractivity contribution in [3.8, 4) is 16.9 Å². The number of amides is 1. The Morgan fingerprint density at radius 2 is 1.65 bits per heavy atom. The van der Waals surface area contributed by atoms with Gasteiger partial charge in [-0.2, -0.15) is 0 Å². The van der Waals surface area contributed by atoms with Gasteiger partial charge in [-0.1, -0.05) is 60.7 Å². The van der Waals surface area contributed by atoms with Gasteiger partial charge in [0.1, 0.15) is 17.4 Å². The summed E-state index contributed by atoms with van der Waals surface area (Å²) in [5.74, 6) is -1.38. The molecule has 7 heteroatoms. The fourth-order valence-electron chi connectivity index (χ4n) is 3.67. The fourth-order valence-corrected chi connectivity index (χ4v) is 3.67. The Morgan fingerprint density at radius 1 is 0.971 bits per heavy atom. The summed E-state index contributed by atoms with van der Waals surface area (Å²) in [6.45, 7) is 1.53. The van der Waals surface area contributed by atoms with Crippen molar-refractivity contribution in [2.24, 2.45) is 0 Å². The monoisotopic (exact) mass is 457 g/mol. The number of ether oxygens (including phenoxy) is 1. The largest absolute Gasteiger partial charge is 0.481 e. The molecule has 0 bridgehead atoms. The average Bonchev–Trinajstić information content (AvgIpc) is 2.84. The Balaban J connectivity index is 1.51. The molecular weight excluding hydrogens is 434 g/mol. The molecule has 1 aromatic heterocycles. The first-order chi connectivity index (χ1) is 16.4. The first kappa shape index (κ1) is 22.8. The molecule has 0 saturated heterocycles. The predicted molar refractivity (Wildman–Crippen MR) is 128 cm³/mol. The third-order valence-electron chi connectivity index (χ3n) is 5.38. The van der Waals surface area contributed by atoms with Gasteiger partial charge in [0.2, 0.25) is 0 Å². The van der Waals surface area contributed by atoms with Crippen LogP contribution in [0.15, 0.2) is 94.1 Å². The smallest absolute Gasteiger partial charge is 0.336 e. The zero-order chi connectivity index (χ0) is 24.1. The standard InChI is InChI=1S/C27H23NO6/c1-17(26(30)28-23(27(31)32)14-18-8-4-2-5-9-18)33-20-12-13-21-22(19-10-6-3-7-11-19)16-25(29)34-24(21)15-20/h2-13,15-17,23H,14H2,1H3,(H,28,30)(H,31,32)/t17?,23-/m0/s1. The van der Waals surface area contributed by atoms with Crippen molar-refractivity contribution in [3.05, 3.63) is 101 Å². The molecule has 0 aliphatic carbocycles. The number of carbonyl (C=O) groups is 2. The lowest BCUT2D eigenvalue weighted by Gasteiger charge is -2.19. The SMILES string of the molecule is CC(Oc1ccc2c(-c3ccccc3)cc(=O)oc2c1)C(=O)N[C@@H](Cc1ccccc1)C(=O)O. The van der Waals surface area contributed by atoms with Crippen LogP contribution in [0, 0.1) is 0 Å². The van der Waals surface area contributed by atoms with E-state index in [1.54, 1.807) is 30.3 Å². The molecule has 0 aliphatic heterocycles. The maximum atomic E-state index is 12.6. The number of hydrogen-bond acceptors (Lipinski definition) is 5. The Morgan fingerprint density at radius 3 is 2.32 bits per heavy atom. The van der Waals surface area contributed by atoms with Gasteiger partial charge in [-0.25, -0.2) is 9.59 Å². The number of fused-ring (bicyclic) bond motifs is 1. The van der Waals surface area contributed by atoms with E-state index in [9.17, 15) is 19.5 Å². The van der Waals surface area contributed by atoms with Crippen molar-refractivity contribution in [1.29, 1.82) is 0 Å². The number of carboxylic acid groups (broad SMARTS) is 1. The molecule has 172 valence electrons. The van der Waals surface area contributed by atoms with Crippen molar-refractivity contribution in [1.82, 2.24) is 5.32 Å². The van der Waals surface area contributed by atoms with Gasteiger partial charge in [-0.3, -0.25) is 4.79 Å². The summed E-state index contributed by atoms with van der Waals surface area (Å²) in [7, 11) is 0. The summed E-state index contributed by atoms with van der Waals surface area (Å²) < 4.78 is 11.1. The molecule has 7 nitrogen and oxygen atoms in total. The van der Waals surface area contributed by atoms with E-state index in [1.807, 2.05) is 48.5 Å². The maximum absolute atomic E-state index is 12.6. The molecule has 0 aliphatic rings. The maximum Gasteiger partial charge on any atom is 0.336 e. The van der Waals surface area contributed by atoms with Gasteiger partial charge in [-0.15, -0.1) is 0 Å². The Bertz CT molecular complexity index is 1360. The van der Waals surface area contributed by atoms with Gasteiger partial charge < -0.3 is 19.6 Å². The highest BCUT2D eigenvalue weighted by atomic mass is 16.5. The minimum Gasteiger partial charge on any atom is -0.481 e. The topological polar surface area (TPSA) is 106 Å². The van der Waals surface area contributed by atoms with E-state index in [4.69, 9.17) is 9.15 Å². The second kappa shape index (κ2) is 10.0. The minimum absolute atomic E-state index is 0.151. The lowest BCUT2D eigenvalue weighted by atomic mass is 10.0. The van der Waals surface area contributed by atoms with Crippen molar-refractivity contribution in [2.45, 2.75) is 25.5 Å². The van der Waals surface area contributed by atoms with Crippen LogP contribution in [0.3, 0.4) is 0 Å². The van der Waals surface area contributed by atoms with Gasteiger partial charge >= 0.3 is 11.6 Å². The quantitative estimate of drug-likeness (QED) is 0.387. The fraction of sp³-hybridized carbons (Fsp3) is 0.148. The zero-order valence-electron chi connectivity index (χ0n) is 18.4. The summed E-state index contributed by atoms with van der Waals surface area (Å²) in [6, 6.07) is 23.8. The number of hydrogen-bond donors (Lipinski definition) is 2. The third-order valence-corrected chi connectivity index (χ3v) is 5.38. The highest BCUT2D eigenvalue weighted by molar-refractivity contribution is 5.94. The molecule has 4 rings (SSSR count). The average molecular weight is 457 g/mol. The molecule has 0 fully saturated rings. The van der Waals surface area contributed by atoms with Crippen molar-refractivity contribution < 1.29 is 23.8 Å². The summed E-state index contributed by atoms with van der Waals surface area (Å²) in [6.07, 6.45) is -0.822. The van der Waals surface area contributed by atoms with Gasteiger partial charge in [-0.05, 0) is 35.7 Å². The second-order valence-electron chi connectivity index (χ2n) is 7.85. The predicted octanol–water partition coefficient (Wildman–Crippen LogP) is 4.04. The molecule has 0 spiro atoms. The molecule has 1 unspecified atom stereocenters. The molecule has 0 saturated carbocycles. The van der Waals surface area contributed by atoms with Crippen LogP contribution < -0.4 is 15.7 Å². The first-order valence-corrected chi connectivity index (χ1v) is 10.8. The Labute approximate surface area is 195 Å². The lowest BCUT2D eigenvalue weighted by molar-refractivity contribution is -0.142. The van der Waals surface area contributed by atoms with Crippen molar-refractivity contribution >= 4 is 22.8 Å².